The quantitative estimate of drug-likeness (QED) is 0.460. The molecule has 0 radical (unpaired) electrons. The predicted molar refractivity (Wildman–Crippen MR) is 131 cm³/mol. The van der Waals surface area contributed by atoms with E-state index in [1.165, 1.54) is 11.9 Å². The number of likely N-dealkylation sites (N-methyl/N-ethyl adjacent to an activating group) is 1. The van der Waals surface area contributed by atoms with Gasteiger partial charge in [-0.05, 0) is 29.7 Å². The molecule has 33 heavy (non-hydrogen) atoms. The molecule has 2 aromatic rings. The lowest BCUT2D eigenvalue weighted by Gasteiger charge is -2.32. The fourth-order valence-electron chi connectivity index (χ4n) is 3.25. The van der Waals surface area contributed by atoms with Crippen LogP contribution in [0.5, 0.6) is 0 Å². The van der Waals surface area contributed by atoms with E-state index in [2.05, 4.69) is 5.32 Å². The van der Waals surface area contributed by atoms with Gasteiger partial charge in [0.25, 0.3) is 0 Å². The molecular weight excluding hydrogens is 462 g/mol. The molecule has 0 heterocycles. The SMILES string of the molecule is CCCCNC(=O)[C@H](Cc1ccccc1)N(Cc1ccc(Cl)cc1)C(=O)CN(C)S(C)(=O)=O. The highest BCUT2D eigenvalue weighted by atomic mass is 35.5. The molecule has 2 aromatic carbocycles. The second kappa shape index (κ2) is 12.7. The number of hydrogen-bond acceptors (Lipinski definition) is 4. The number of rotatable bonds is 12. The highest BCUT2D eigenvalue weighted by Gasteiger charge is 2.31. The minimum atomic E-state index is -3.56. The zero-order chi connectivity index (χ0) is 24.4. The molecule has 9 heteroatoms. The van der Waals surface area contributed by atoms with Gasteiger partial charge >= 0.3 is 0 Å². The summed E-state index contributed by atoms with van der Waals surface area (Å²) in [6.45, 7) is 2.32. The number of benzene rings is 2. The molecule has 1 N–H and O–H groups in total. The molecule has 0 aliphatic rings. The largest absolute Gasteiger partial charge is 0.354 e. The molecule has 2 amide bonds. The lowest BCUT2D eigenvalue weighted by atomic mass is 10.0. The van der Waals surface area contributed by atoms with Crippen molar-refractivity contribution < 1.29 is 18.0 Å². The fourth-order valence-corrected chi connectivity index (χ4v) is 3.72. The number of carbonyl (C=O) groups excluding carboxylic acids is 2. The molecule has 0 saturated heterocycles. The topological polar surface area (TPSA) is 86.8 Å². The summed E-state index contributed by atoms with van der Waals surface area (Å²) in [4.78, 5) is 28.0. The summed E-state index contributed by atoms with van der Waals surface area (Å²) in [5.41, 5.74) is 1.69. The van der Waals surface area contributed by atoms with Crippen molar-refractivity contribution in [2.24, 2.45) is 0 Å². The molecule has 0 aliphatic carbocycles. The highest BCUT2D eigenvalue weighted by molar-refractivity contribution is 7.88. The summed E-state index contributed by atoms with van der Waals surface area (Å²) in [6.07, 6.45) is 3.10. The van der Waals surface area contributed by atoms with E-state index in [1.54, 1.807) is 24.3 Å². The van der Waals surface area contributed by atoms with E-state index < -0.39 is 22.0 Å². The van der Waals surface area contributed by atoms with Gasteiger partial charge in [0.15, 0.2) is 0 Å². The molecule has 0 aliphatic heterocycles. The lowest BCUT2D eigenvalue weighted by molar-refractivity contribution is -0.141. The van der Waals surface area contributed by atoms with Crippen molar-refractivity contribution >= 4 is 33.4 Å². The van der Waals surface area contributed by atoms with Crippen molar-refractivity contribution in [2.45, 2.75) is 38.8 Å². The van der Waals surface area contributed by atoms with E-state index in [-0.39, 0.29) is 19.0 Å². The number of nitrogens with zero attached hydrogens (tertiary/aromatic N) is 2. The summed E-state index contributed by atoms with van der Waals surface area (Å²) in [5, 5.41) is 3.49. The van der Waals surface area contributed by atoms with Crippen LogP contribution in [0.1, 0.15) is 30.9 Å². The van der Waals surface area contributed by atoms with Crippen LogP contribution in [-0.4, -0.2) is 61.9 Å². The second-order valence-corrected chi connectivity index (χ2v) is 10.5. The summed E-state index contributed by atoms with van der Waals surface area (Å²) < 4.78 is 24.8. The Balaban J connectivity index is 2.40. The molecule has 2 rings (SSSR count). The van der Waals surface area contributed by atoms with Crippen LogP contribution in [0.25, 0.3) is 0 Å². The van der Waals surface area contributed by atoms with Crippen molar-refractivity contribution in [1.82, 2.24) is 14.5 Å². The van der Waals surface area contributed by atoms with Crippen LogP contribution in [-0.2, 0) is 32.6 Å². The molecule has 0 unspecified atom stereocenters. The summed E-state index contributed by atoms with van der Waals surface area (Å²) >= 11 is 6.00. The van der Waals surface area contributed by atoms with Crippen molar-refractivity contribution in [3.8, 4) is 0 Å². The summed E-state index contributed by atoms with van der Waals surface area (Å²) in [7, 11) is -2.22. The van der Waals surface area contributed by atoms with E-state index in [0.29, 0.717) is 18.0 Å². The predicted octanol–water partition coefficient (Wildman–Crippen LogP) is 3.09. The lowest BCUT2D eigenvalue weighted by Crippen LogP contribution is -2.53. The van der Waals surface area contributed by atoms with Gasteiger partial charge in [0.1, 0.15) is 6.04 Å². The molecule has 0 aromatic heterocycles. The average Bonchev–Trinajstić information content (AvgIpc) is 2.77. The molecule has 7 nitrogen and oxygen atoms in total. The van der Waals surface area contributed by atoms with Gasteiger partial charge in [-0.15, -0.1) is 0 Å². The Morgan fingerprint density at radius 3 is 2.24 bits per heavy atom. The van der Waals surface area contributed by atoms with Crippen LogP contribution in [0.3, 0.4) is 0 Å². The van der Waals surface area contributed by atoms with Gasteiger partial charge in [0.2, 0.25) is 21.8 Å². The molecule has 0 bridgehead atoms. The first-order valence-electron chi connectivity index (χ1n) is 10.9. The smallest absolute Gasteiger partial charge is 0.243 e. The fraction of sp³-hybridized carbons (Fsp3) is 0.417. The number of nitrogens with one attached hydrogen (secondary N) is 1. The Morgan fingerprint density at radius 1 is 1.03 bits per heavy atom. The van der Waals surface area contributed by atoms with Crippen LogP contribution in [0.2, 0.25) is 5.02 Å². The average molecular weight is 494 g/mol. The Hall–Kier alpha value is -2.42. The molecular formula is C24H32ClN3O4S. The van der Waals surface area contributed by atoms with Crippen LogP contribution in [0.4, 0.5) is 0 Å². The van der Waals surface area contributed by atoms with Crippen molar-refractivity contribution in [3.05, 3.63) is 70.7 Å². The van der Waals surface area contributed by atoms with Gasteiger partial charge in [-0.1, -0.05) is 67.4 Å². The minimum absolute atomic E-state index is 0.145. The van der Waals surface area contributed by atoms with Crippen molar-refractivity contribution in [2.75, 3.05) is 26.4 Å². The van der Waals surface area contributed by atoms with E-state index in [4.69, 9.17) is 11.6 Å². The Bertz CT molecular complexity index is 1010. The Morgan fingerprint density at radius 2 is 1.67 bits per heavy atom. The van der Waals surface area contributed by atoms with Gasteiger partial charge in [-0.2, -0.15) is 4.31 Å². The van der Waals surface area contributed by atoms with Crippen LogP contribution < -0.4 is 5.32 Å². The zero-order valence-corrected chi connectivity index (χ0v) is 20.9. The molecule has 1 atom stereocenters. The number of carbonyl (C=O) groups is 2. The zero-order valence-electron chi connectivity index (χ0n) is 19.3. The van der Waals surface area contributed by atoms with Crippen LogP contribution in [0.15, 0.2) is 54.6 Å². The van der Waals surface area contributed by atoms with Crippen molar-refractivity contribution in [3.63, 3.8) is 0 Å². The first-order valence-corrected chi connectivity index (χ1v) is 13.1. The number of hydrogen-bond donors (Lipinski definition) is 1. The van der Waals surface area contributed by atoms with Crippen molar-refractivity contribution in [1.29, 1.82) is 0 Å². The third-order valence-electron chi connectivity index (χ3n) is 5.29. The molecule has 180 valence electrons. The summed E-state index contributed by atoms with van der Waals surface area (Å²) in [5.74, 6) is -0.721. The van der Waals surface area contributed by atoms with Gasteiger partial charge < -0.3 is 10.2 Å². The van der Waals surface area contributed by atoms with E-state index in [0.717, 1.165) is 34.5 Å². The maximum absolute atomic E-state index is 13.4. The number of halogens is 1. The van der Waals surface area contributed by atoms with Gasteiger partial charge in [0.05, 0.1) is 12.8 Å². The van der Waals surface area contributed by atoms with Crippen LogP contribution in [0, 0.1) is 0 Å². The maximum atomic E-state index is 13.4. The third kappa shape index (κ3) is 8.79. The second-order valence-electron chi connectivity index (χ2n) is 8.02. The normalized spacial score (nSPS) is 12.4. The van der Waals surface area contributed by atoms with Gasteiger partial charge in [-0.3, -0.25) is 9.59 Å². The van der Waals surface area contributed by atoms with Crippen LogP contribution >= 0.6 is 11.6 Å². The Labute approximate surface area is 201 Å². The standard InChI is InChI=1S/C24H32ClN3O4S/c1-4-5-15-26-24(30)22(16-19-9-7-6-8-10-19)28(17-20-11-13-21(25)14-12-20)23(29)18-27(2)33(3,31)32/h6-14,22H,4-5,15-18H2,1-3H3,(H,26,30)/t22-/m0/s1. The number of unbranched alkanes of at least 4 members (excludes halogenated alkanes) is 1. The van der Waals surface area contributed by atoms with Gasteiger partial charge in [-0.25, -0.2) is 8.42 Å². The first-order chi connectivity index (χ1) is 15.6. The maximum Gasteiger partial charge on any atom is 0.243 e. The van der Waals surface area contributed by atoms with E-state index in [1.807, 2.05) is 37.3 Å². The third-order valence-corrected chi connectivity index (χ3v) is 6.80. The monoisotopic (exact) mass is 493 g/mol. The number of amides is 2. The van der Waals surface area contributed by atoms with E-state index in [9.17, 15) is 18.0 Å². The molecule has 0 spiro atoms. The highest BCUT2D eigenvalue weighted by Crippen LogP contribution is 2.17. The van der Waals surface area contributed by atoms with E-state index >= 15 is 0 Å². The Kier molecular flexibility index (Phi) is 10.3. The van der Waals surface area contributed by atoms with Gasteiger partial charge in [0, 0.05) is 31.6 Å². The molecule has 0 saturated carbocycles. The molecule has 0 fully saturated rings. The first kappa shape index (κ1) is 26.8. The summed E-state index contributed by atoms with van der Waals surface area (Å²) in [6, 6.07) is 15.7. The minimum Gasteiger partial charge on any atom is -0.354 e. The number of sulfonamides is 1.